The van der Waals surface area contributed by atoms with Gasteiger partial charge in [-0.1, -0.05) is 23.7 Å². The fraction of sp³-hybridized carbons (Fsp3) is 0.250. The van der Waals surface area contributed by atoms with E-state index in [0.717, 1.165) is 17.4 Å². The van der Waals surface area contributed by atoms with Crippen molar-refractivity contribution in [2.24, 2.45) is 0 Å². The summed E-state index contributed by atoms with van der Waals surface area (Å²) >= 11 is 7.51. The number of thiophene rings is 1. The molecule has 10 nitrogen and oxygen atoms in total. The summed E-state index contributed by atoms with van der Waals surface area (Å²) in [5.41, 5.74) is 12.0. The summed E-state index contributed by atoms with van der Waals surface area (Å²) in [5, 5.41) is 24.0. The van der Waals surface area contributed by atoms with Crippen molar-refractivity contribution in [3.8, 4) is 29.0 Å². The van der Waals surface area contributed by atoms with E-state index in [1.165, 1.54) is 12.3 Å². The Bertz CT molecular complexity index is 2150. The first-order valence-electron chi connectivity index (χ1n) is 14.3. The third-order valence-corrected chi connectivity index (χ3v) is 9.90. The maximum atomic E-state index is 16.9. The number of nitrogens with zero attached hydrogens (tertiary/aromatic N) is 5. The van der Waals surface area contributed by atoms with Gasteiger partial charge >= 0.3 is 6.01 Å². The zero-order chi connectivity index (χ0) is 33.8. The van der Waals surface area contributed by atoms with Gasteiger partial charge in [0.15, 0.2) is 5.82 Å². The number of ether oxygens (including phenoxy) is 1. The Balaban J connectivity index is 1.56. The van der Waals surface area contributed by atoms with E-state index < -0.39 is 34.0 Å². The van der Waals surface area contributed by atoms with Gasteiger partial charge in [0.05, 0.1) is 38.6 Å². The minimum atomic E-state index is -0.986. The van der Waals surface area contributed by atoms with E-state index in [9.17, 15) is 19.1 Å². The summed E-state index contributed by atoms with van der Waals surface area (Å²) in [7, 11) is 1.83. The Morgan fingerprint density at radius 2 is 2.04 bits per heavy atom. The number of aromatic nitrogens is 3. The number of fused-ring (bicyclic) bond motifs is 2. The molecule has 0 saturated carbocycles. The number of nitrogen functional groups attached to an aromatic ring is 2. The van der Waals surface area contributed by atoms with Crippen molar-refractivity contribution in [2.75, 3.05) is 37.0 Å². The molecule has 1 fully saturated rings. The fourth-order valence-electron chi connectivity index (χ4n) is 5.89. The molecule has 15 heteroatoms. The van der Waals surface area contributed by atoms with Crippen LogP contribution in [0.4, 0.5) is 29.8 Å². The van der Waals surface area contributed by atoms with Gasteiger partial charge in [-0.05, 0) is 50.6 Å². The molecule has 47 heavy (non-hydrogen) atoms. The number of likely N-dealkylation sites (N-methyl/N-ethyl adjacent to an activating group) is 1. The second-order valence-electron chi connectivity index (χ2n) is 11.6. The quantitative estimate of drug-likeness (QED) is 0.140. The van der Waals surface area contributed by atoms with Crippen molar-refractivity contribution in [2.45, 2.75) is 31.8 Å². The van der Waals surface area contributed by atoms with Gasteiger partial charge < -0.3 is 26.6 Å². The topological polar surface area (TPSA) is 159 Å². The average Bonchev–Trinajstić information content (AvgIpc) is 3.55. The van der Waals surface area contributed by atoms with Gasteiger partial charge in [-0.25, -0.2) is 18.2 Å². The number of likely N-dealkylation sites (tertiary alicyclic amines) is 1. The molecule has 3 aromatic heterocycles. The molecule has 6 rings (SSSR count). The molecule has 1 aliphatic rings. The van der Waals surface area contributed by atoms with Crippen LogP contribution in [0.3, 0.4) is 0 Å². The summed E-state index contributed by atoms with van der Waals surface area (Å²) in [6, 6.07) is 6.98. The number of nitrogens with one attached hydrogen (secondary N) is 1. The summed E-state index contributed by atoms with van der Waals surface area (Å²) in [6.45, 7) is 4.08. The van der Waals surface area contributed by atoms with E-state index in [-0.39, 0.29) is 66.9 Å². The van der Waals surface area contributed by atoms with E-state index >= 15 is 4.39 Å². The minimum absolute atomic E-state index is 0.0171. The Morgan fingerprint density at radius 3 is 2.72 bits per heavy atom. The zero-order valence-corrected chi connectivity index (χ0v) is 26.9. The molecule has 5 aromatic rings. The molecule has 0 aliphatic carbocycles. The van der Waals surface area contributed by atoms with Crippen molar-refractivity contribution < 1.29 is 23.0 Å². The molecule has 2 atom stereocenters. The van der Waals surface area contributed by atoms with Crippen LogP contribution in [0.5, 0.6) is 11.8 Å². The zero-order valence-electron chi connectivity index (χ0n) is 25.3. The van der Waals surface area contributed by atoms with Crippen LogP contribution in [-0.4, -0.2) is 50.7 Å². The summed E-state index contributed by atoms with van der Waals surface area (Å²) in [6.07, 6.45) is 2.50. The average molecular weight is 681 g/mol. The van der Waals surface area contributed by atoms with Crippen LogP contribution in [0, 0.1) is 23.0 Å². The number of hydrogen-bond donors (Lipinski definition) is 4. The number of nitrogens with two attached hydrogens (primary N) is 2. The molecule has 1 aliphatic heterocycles. The third-order valence-electron chi connectivity index (χ3n) is 8.51. The van der Waals surface area contributed by atoms with Crippen LogP contribution < -0.4 is 21.5 Å². The Labute approximate surface area is 276 Å². The first kappa shape index (κ1) is 32.1. The second-order valence-corrected chi connectivity index (χ2v) is 13.0. The van der Waals surface area contributed by atoms with Crippen molar-refractivity contribution >= 4 is 60.6 Å². The van der Waals surface area contributed by atoms with Crippen LogP contribution >= 0.6 is 22.9 Å². The van der Waals surface area contributed by atoms with E-state index in [4.69, 9.17) is 27.8 Å². The predicted octanol–water partition coefficient (Wildman–Crippen LogP) is 7.08. The number of halogens is 4. The van der Waals surface area contributed by atoms with Crippen molar-refractivity contribution in [1.82, 2.24) is 19.9 Å². The molecule has 2 aromatic carbocycles. The number of nitriles is 1. The monoisotopic (exact) mass is 680 g/mol. The highest BCUT2D eigenvalue weighted by Gasteiger charge is 2.38. The predicted molar refractivity (Wildman–Crippen MR) is 177 cm³/mol. The van der Waals surface area contributed by atoms with E-state index in [0.29, 0.717) is 30.4 Å². The number of aromatic hydroxyl groups is 1. The molecule has 6 N–H and O–H groups in total. The van der Waals surface area contributed by atoms with Gasteiger partial charge in [0.2, 0.25) is 0 Å². The number of rotatable bonds is 7. The molecule has 0 bridgehead atoms. The van der Waals surface area contributed by atoms with Gasteiger partial charge in [0, 0.05) is 29.3 Å². The largest absolute Gasteiger partial charge is 0.506 e. The summed E-state index contributed by atoms with van der Waals surface area (Å²) in [5.74, 6) is -2.00. The lowest BCUT2D eigenvalue weighted by Gasteiger charge is -2.31. The standard InChI is InChI=1S/C32H28ClF3N8O2S/c1-14(16-5-4-8-40-28(16)38)41-30-22-25(42-31(43-30)46-13-32(2)9-15(10-34)12-44(32)3)24(36)21(23(33)26(22)45)17-6-7-19(35)27-20(17)18(11-37)29(39)47-27/h4-8,10,14,45H,9,12-13,39H2,1-3H3,(H2,38,40)(H,41,42,43)/b15-10+/t14-,32+/m1/s1. The van der Waals surface area contributed by atoms with Crippen LogP contribution in [0.2, 0.25) is 5.02 Å². The van der Waals surface area contributed by atoms with Gasteiger partial charge in [0.25, 0.3) is 0 Å². The molecule has 0 radical (unpaired) electrons. The Kier molecular flexibility index (Phi) is 8.25. The van der Waals surface area contributed by atoms with Crippen LogP contribution in [0.25, 0.3) is 32.1 Å². The number of pyridine rings is 1. The van der Waals surface area contributed by atoms with Gasteiger partial charge in [-0.15, -0.1) is 11.3 Å². The molecule has 242 valence electrons. The first-order valence-corrected chi connectivity index (χ1v) is 15.5. The van der Waals surface area contributed by atoms with Gasteiger partial charge in [-0.2, -0.15) is 15.2 Å². The molecule has 0 amide bonds. The molecule has 1 saturated heterocycles. The highest BCUT2D eigenvalue weighted by Crippen LogP contribution is 2.49. The van der Waals surface area contributed by atoms with Crippen LogP contribution in [-0.2, 0) is 0 Å². The van der Waals surface area contributed by atoms with E-state index in [1.54, 1.807) is 19.1 Å². The first-order chi connectivity index (χ1) is 22.4. The van der Waals surface area contributed by atoms with E-state index in [1.807, 2.05) is 24.9 Å². The van der Waals surface area contributed by atoms with Crippen molar-refractivity contribution in [3.05, 3.63) is 70.1 Å². The summed E-state index contributed by atoms with van der Waals surface area (Å²) in [4.78, 5) is 14.9. The number of anilines is 3. The van der Waals surface area contributed by atoms with E-state index in [2.05, 4.69) is 20.3 Å². The fourth-order valence-corrected chi connectivity index (χ4v) is 7.12. The molecule has 4 heterocycles. The molecular formula is C32H28ClF3N8O2S. The number of phenols is 1. The molecular weight excluding hydrogens is 653 g/mol. The van der Waals surface area contributed by atoms with Crippen LogP contribution in [0.1, 0.15) is 37.4 Å². The van der Waals surface area contributed by atoms with Crippen molar-refractivity contribution in [3.63, 3.8) is 0 Å². The van der Waals surface area contributed by atoms with Crippen molar-refractivity contribution in [1.29, 1.82) is 5.26 Å². The maximum absolute atomic E-state index is 16.9. The number of benzene rings is 2. The summed E-state index contributed by atoms with van der Waals surface area (Å²) < 4.78 is 51.1. The number of hydrogen-bond acceptors (Lipinski definition) is 11. The highest BCUT2D eigenvalue weighted by atomic mass is 35.5. The van der Waals surface area contributed by atoms with Gasteiger partial charge in [-0.3, -0.25) is 4.90 Å². The highest BCUT2D eigenvalue weighted by molar-refractivity contribution is 7.23. The lowest BCUT2D eigenvalue weighted by Crippen LogP contribution is -2.43. The lowest BCUT2D eigenvalue weighted by molar-refractivity contribution is 0.108. The normalized spacial score (nSPS) is 18.2. The molecule has 0 unspecified atom stereocenters. The molecule has 0 spiro atoms. The third kappa shape index (κ3) is 5.40. The second kappa shape index (κ2) is 12.1. The Hall–Kier alpha value is -4.84. The maximum Gasteiger partial charge on any atom is 0.319 e. The minimum Gasteiger partial charge on any atom is -0.506 e. The SMILES string of the molecule is C[C@@H](Nc1nc(OC[C@]2(C)C/C(=C\F)CN2C)nc2c(F)c(-c3ccc(F)c4sc(N)c(C#N)c34)c(Cl)c(O)c12)c1cccnc1N. The number of phenolic OH excluding ortho intramolecular Hbond substituents is 1. The smallest absolute Gasteiger partial charge is 0.319 e. The lowest BCUT2D eigenvalue weighted by atomic mass is 9.96. The Morgan fingerprint density at radius 1 is 1.28 bits per heavy atom. The van der Waals surface area contributed by atoms with Gasteiger partial charge in [0.1, 0.15) is 46.4 Å². The van der Waals surface area contributed by atoms with Crippen LogP contribution in [0.15, 0.2) is 42.4 Å².